The van der Waals surface area contributed by atoms with Crippen LogP contribution >= 0.6 is 0 Å². The van der Waals surface area contributed by atoms with E-state index < -0.39 is 0 Å². The summed E-state index contributed by atoms with van der Waals surface area (Å²) < 4.78 is 0. The second-order valence-corrected chi connectivity index (χ2v) is 5.94. The van der Waals surface area contributed by atoms with Gasteiger partial charge in [-0.25, -0.2) is 0 Å². The van der Waals surface area contributed by atoms with Gasteiger partial charge in [0, 0.05) is 32.6 Å². The number of pyridine rings is 2. The third kappa shape index (κ3) is 1.68. The molecule has 2 heterocycles. The molecule has 0 saturated heterocycles. The van der Waals surface area contributed by atoms with Gasteiger partial charge in [0.2, 0.25) is 0 Å². The minimum absolute atomic E-state index is 0.0226. The summed E-state index contributed by atoms with van der Waals surface area (Å²) in [6.07, 6.45) is 0. The first-order valence-corrected chi connectivity index (χ1v) is 7.72. The molecule has 24 heavy (non-hydrogen) atoms. The molecule has 0 aliphatic carbocycles. The predicted molar refractivity (Wildman–Crippen MR) is 97.7 cm³/mol. The van der Waals surface area contributed by atoms with Gasteiger partial charge in [-0.05, 0) is 35.7 Å². The summed E-state index contributed by atoms with van der Waals surface area (Å²) in [4.78, 5) is 31.5. The van der Waals surface area contributed by atoms with Gasteiger partial charge in [-0.2, -0.15) is 0 Å². The zero-order valence-electron chi connectivity index (χ0n) is 12.6. The highest BCUT2D eigenvalue weighted by Gasteiger charge is 2.10. The van der Waals surface area contributed by atoms with Crippen LogP contribution in [-0.4, -0.2) is 9.97 Å². The molecule has 4 heteroatoms. The standard InChI is InChI=1S/C20H12N2O2/c23-19-12-6-2-4-8-17(12)21-18-10-14-13(9-15(18)19)11-5-1-3-7-16(11)22-20(14)24/h1-10H,(H,21,23)(H,22,24). The van der Waals surface area contributed by atoms with E-state index in [1.54, 1.807) is 6.07 Å². The van der Waals surface area contributed by atoms with Crippen LogP contribution in [0.2, 0.25) is 0 Å². The Labute approximate surface area is 135 Å². The average molecular weight is 312 g/mol. The first-order valence-electron chi connectivity index (χ1n) is 7.72. The van der Waals surface area contributed by atoms with Crippen molar-refractivity contribution in [3.8, 4) is 0 Å². The van der Waals surface area contributed by atoms with Crippen molar-refractivity contribution in [3.05, 3.63) is 81.2 Å². The van der Waals surface area contributed by atoms with Gasteiger partial charge in [-0.3, -0.25) is 9.59 Å². The van der Waals surface area contributed by atoms with Gasteiger partial charge in [0.05, 0.1) is 5.52 Å². The Morgan fingerprint density at radius 3 is 2.00 bits per heavy atom. The number of H-pyrrole nitrogens is 2. The Morgan fingerprint density at radius 1 is 0.542 bits per heavy atom. The van der Waals surface area contributed by atoms with Crippen LogP contribution < -0.4 is 11.0 Å². The van der Waals surface area contributed by atoms with Crippen LogP contribution in [0.4, 0.5) is 0 Å². The molecule has 114 valence electrons. The van der Waals surface area contributed by atoms with Gasteiger partial charge in [-0.1, -0.05) is 30.3 Å². The molecule has 5 aromatic rings. The number of aromatic amines is 2. The predicted octanol–water partition coefficient (Wildman–Crippen LogP) is 3.68. The third-order valence-corrected chi connectivity index (χ3v) is 4.55. The number of para-hydroxylation sites is 2. The lowest BCUT2D eigenvalue weighted by molar-refractivity contribution is 1.34. The molecule has 0 aliphatic rings. The first kappa shape index (κ1) is 13.1. The van der Waals surface area contributed by atoms with Gasteiger partial charge in [0.25, 0.3) is 5.56 Å². The summed E-state index contributed by atoms with van der Waals surface area (Å²) in [6.45, 7) is 0. The number of hydrogen-bond acceptors (Lipinski definition) is 2. The lowest BCUT2D eigenvalue weighted by Gasteiger charge is -2.07. The number of nitrogens with one attached hydrogen (secondary N) is 2. The molecule has 0 radical (unpaired) electrons. The minimum atomic E-state index is -0.153. The van der Waals surface area contributed by atoms with Crippen molar-refractivity contribution in [1.29, 1.82) is 0 Å². The Morgan fingerprint density at radius 2 is 1.21 bits per heavy atom. The van der Waals surface area contributed by atoms with E-state index >= 15 is 0 Å². The largest absolute Gasteiger partial charge is 0.354 e. The van der Waals surface area contributed by atoms with Crippen molar-refractivity contribution in [3.63, 3.8) is 0 Å². The van der Waals surface area contributed by atoms with E-state index in [1.165, 1.54) is 0 Å². The fourth-order valence-corrected chi connectivity index (χ4v) is 3.40. The number of benzene rings is 3. The fraction of sp³-hybridized carbons (Fsp3) is 0. The maximum Gasteiger partial charge on any atom is 0.256 e. The Balaban J connectivity index is 2.09. The van der Waals surface area contributed by atoms with Crippen molar-refractivity contribution in [2.45, 2.75) is 0 Å². The van der Waals surface area contributed by atoms with Crippen molar-refractivity contribution >= 4 is 43.5 Å². The minimum Gasteiger partial charge on any atom is -0.354 e. The highest BCUT2D eigenvalue weighted by atomic mass is 16.1. The number of fused-ring (bicyclic) bond motifs is 5. The van der Waals surface area contributed by atoms with E-state index in [0.717, 1.165) is 21.8 Å². The number of hydrogen-bond donors (Lipinski definition) is 2. The summed E-state index contributed by atoms with van der Waals surface area (Å²) in [5.41, 5.74) is 2.04. The first-order chi connectivity index (χ1) is 11.7. The summed E-state index contributed by atoms with van der Waals surface area (Å²) in [5.74, 6) is 0. The lowest BCUT2D eigenvalue weighted by Crippen LogP contribution is -2.09. The van der Waals surface area contributed by atoms with Crippen LogP contribution in [-0.2, 0) is 0 Å². The van der Waals surface area contributed by atoms with Crippen molar-refractivity contribution in [2.75, 3.05) is 0 Å². The second-order valence-electron chi connectivity index (χ2n) is 5.94. The zero-order valence-corrected chi connectivity index (χ0v) is 12.6. The van der Waals surface area contributed by atoms with Gasteiger partial charge < -0.3 is 9.97 Å². The van der Waals surface area contributed by atoms with E-state index in [9.17, 15) is 9.59 Å². The van der Waals surface area contributed by atoms with E-state index in [1.807, 2.05) is 54.6 Å². The molecule has 0 aliphatic heterocycles. The van der Waals surface area contributed by atoms with Crippen molar-refractivity contribution in [1.82, 2.24) is 9.97 Å². The highest BCUT2D eigenvalue weighted by molar-refractivity contribution is 6.10. The molecule has 0 saturated carbocycles. The molecule has 4 nitrogen and oxygen atoms in total. The van der Waals surface area contributed by atoms with Crippen LogP contribution in [0.25, 0.3) is 43.5 Å². The molecule has 0 bridgehead atoms. The summed E-state index contributed by atoms with van der Waals surface area (Å²) in [5, 5.41) is 3.55. The van der Waals surface area contributed by atoms with Crippen LogP contribution in [0.15, 0.2) is 70.3 Å². The van der Waals surface area contributed by atoms with Crippen LogP contribution in [0.3, 0.4) is 0 Å². The summed E-state index contributed by atoms with van der Waals surface area (Å²) in [6, 6.07) is 18.6. The maximum absolute atomic E-state index is 12.8. The molecule has 2 N–H and O–H groups in total. The topological polar surface area (TPSA) is 65.7 Å². The van der Waals surface area contributed by atoms with Gasteiger partial charge >= 0.3 is 0 Å². The molecule has 0 fully saturated rings. The molecule has 0 amide bonds. The Kier molecular flexibility index (Phi) is 2.48. The highest BCUT2D eigenvalue weighted by Crippen LogP contribution is 2.25. The normalized spacial score (nSPS) is 11.7. The molecular weight excluding hydrogens is 300 g/mol. The van der Waals surface area contributed by atoms with E-state index in [2.05, 4.69) is 9.97 Å². The maximum atomic E-state index is 12.8. The van der Waals surface area contributed by atoms with E-state index in [4.69, 9.17) is 0 Å². The summed E-state index contributed by atoms with van der Waals surface area (Å²) in [7, 11) is 0. The summed E-state index contributed by atoms with van der Waals surface area (Å²) >= 11 is 0. The van der Waals surface area contributed by atoms with Crippen molar-refractivity contribution in [2.24, 2.45) is 0 Å². The Hall–Kier alpha value is -3.40. The molecular formula is C20H12N2O2. The Bertz CT molecular complexity index is 1390. The average Bonchev–Trinajstić information content (AvgIpc) is 2.61. The van der Waals surface area contributed by atoms with Crippen LogP contribution in [0.5, 0.6) is 0 Å². The number of rotatable bonds is 0. The molecule has 0 atom stereocenters. The van der Waals surface area contributed by atoms with Crippen molar-refractivity contribution < 1.29 is 0 Å². The van der Waals surface area contributed by atoms with E-state index in [-0.39, 0.29) is 11.0 Å². The monoisotopic (exact) mass is 312 g/mol. The van der Waals surface area contributed by atoms with Gasteiger partial charge in [-0.15, -0.1) is 0 Å². The third-order valence-electron chi connectivity index (χ3n) is 4.55. The van der Waals surface area contributed by atoms with E-state index in [0.29, 0.717) is 21.7 Å². The molecule has 3 aromatic carbocycles. The number of aromatic nitrogens is 2. The molecule has 5 rings (SSSR count). The molecule has 0 spiro atoms. The lowest BCUT2D eigenvalue weighted by atomic mass is 10.0. The SMILES string of the molecule is O=c1c2ccccc2[nH]c2cc3c(=O)[nH]c4ccccc4c3cc12. The molecule has 2 aromatic heterocycles. The zero-order chi connectivity index (χ0) is 16.3. The smallest absolute Gasteiger partial charge is 0.256 e. The second kappa shape index (κ2) is 4.55. The van der Waals surface area contributed by atoms with Gasteiger partial charge in [0.15, 0.2) is 5.43 Å². The van der Waals surface area contributed by atoms with Crippen LogP contribution in [0, 0.1) is 0 Å². The fourth-order valence-electron chi connectivity index (χ4n) is 3.40. The van der Waals surface area contributed by atoms with Gasteiger partial charge in [0.1, 0.15) is 0 Å². The molecule has 0 unspecified atom stereocenters. The quantitative estimate of drug-likeness (QED) is 0.338. The van der Waals surface area contributed by atoms with Crippen LogP contribution in [0.1, 0.15) is 0 Å².